The SMILES string of the molecule is Cc1noc(C)c1Cn1c(=O)n(Cc2cnn(C)c2)c(=O)c2cc(S(=O)(=O)NC3(CF)CC3)ccc21. The quantitative estimate of drug-likeness (QED) is 0.374. The van der Waals surface area contributed by atoms with Gasteiger partial charge in [0.2, 0.25) is 10.0 Å². The molecule has 0 amide bonds. The normalized spacial score (nSPS) is 15.0. The number of halogens is 1. The predicted octanol–water partition coefficient (Wildman–Crippen LogP) is 1.38. The van der Waals surface area contributed by atoms with Crippen LogP contribution in [0.1, 0.15) is 35.4 Å². The fourth-order valence-corrected chi connectivity index (χ4v) is 5.71. The van der Waals surface area contributed by atoms with Crippen LogP contribution >= 0.6 is 0 Å². The van der Waals surface area contributed by atoms with Crippen LogP contribution in [0.25, 0.3) is 10.9 Å². The minimum absolute atomic E-state index is 0.0400. The van der Waals surface area contributed by atoms with Gasteiger partial charge < -0.3 is 4.52 Å². The van der Waals surface area contributed by atoms with Crippen LogP contribution in [0.15, 0.2) is 49.6 Å². The van der Waals surface area contributed by atoms with E-state index in [1.54, 1.807) is 38.0 Å². The van der Waals surface area contributed by atoms with E-state index in [1.807, 2.05) is 0 Å². The highest BCUT2D eigenvalue weighted by molar-refractivity contribution is 7.89. The highest BCUT2D eigenvalue weighted by atomic mass is 32.2. The Kier molecular flexibility index (Phi) is 5.71. The van der Waals surface area contributed by atoms with Crippen LogP contribution < -0.4 is 16.0 Å². The van der Waals surface area contributed by atoms with Gasteiger partial charge in [0, 0.05) is 24.4 Å². The Morgan fingerprint density at radius 3 is 2.50 bits per heavy atom. The first kappa shape index (κ1) is 24.1. The van der Waals surface area contributed by atoms with Gasteiger partial charge in [0.15, 0.2) is 0 Å². The summed E-state index contributed by atoms with van der Waals surface area (Å²) in [5, 5.41) is 8.07. The minimum Gasteiger partial charge on any atom is -0.361 e. The van der Waals surface area contributed by atoms with E-state index in [2.05, 4.69) is 15.0 Å². The van der Waals surface area contributed by atoms with Crippen LogP contribution in [0, 0.1) is 13.8 Å². The van der Waals surface area contributed by atoms with Crippen LogP contribution in [0.2, 0.25) is 0 Å². The van der Waals surface area contributed by atoms with Crippen molar-refractivity contribution in [1.82, 2.24) is 28.8 Å². The lowest BCUT2D eigenvalue weighted by atomic mass is 10.2. The van der Waals surface area contributed by atoms with Crippen molar-refractivity contribution in [2.75, 3.05) is 6.67 Å². The van der Waals surface area contributed by atoms with Gasteiger partial charge in [0.05, 0.1) is 46.3 Å². The lowest BCUT2D eigenvalue weighted by Gasteiger charge is -2.16. The second-order valence-corrected chi connectivity index (χ2v) is 11.0. The van der Waals surface area contributed by atoms with Crippen molar-refractivity contribution in [1.29, 1.82) is 0 Å². The standard InChI is InChI=1S/C23H25FN6O5S/c1-14-19(15(2)35-26-14)12-29-20-5-4-17(36(33,34)27-23(13-24)6-7-23)8-18(20)21(31)30(22(29)32)11-16-9-25-28(3)10-16/h4-5,8-10,27H,6-7,11-13H2,1-3H3. The highest BCUT2D eigenvalue weighted by Crippen LogP contribution is 2.37. The van der Waals surface area contributed by atoms with Crippen LogP contribution in [-0.4, -0.2) is 44.7 Å². The van der Waals surface area contributed by atoms with Crippen molar-refractivity contribution in [2.24, 2.45) is 7.05 Å². The molecule has 1 aliphatic rings. The average Bonchev–Trinajstić information content (AvgIpc) is 3.37. The van der Waals surface area contributed by atoms with Gasteiger partial charge in [-0.25, -0.2) is 22.3 Å². The maximum Gasteiger partial charge on any atom is 0.332 e. The monoisotopic (exact) mass is 516 g/mol. The maximum absolute atomic E-state index is 13.6. The maximum atomic E-state index is 13.6. The fourth-order valence-electron chi connectivity index (χ4n) is 4.24. The molecule has 1 saturated carbocycles. The first-order valence-electron chi connectivity index (χ1n) is 11.3. The van der Waals surface area contributed by atoms with Crippen LogP contribution in [0.4, 0.5) is 4.39 Å². The average molecular weight is 517 g/mol. The minimum atomic E-state index is -4.09. The Bertz CT molecular complexity index is 1690. The Balaban J connectivity index is 1.70. The van der Waals surface area contributed by atoms with Crippen LogP contribution in [0.5, 0.6) is 0 Å². The molecule has 1 fully saturated rings. The predicted molar refractivity (Wildman–Crippen MR) is 128 cm³/mol. The molecule has 0 bridgehead atoms. The summed E-state index contributed by atoms with van der Waals surface area (Å²) in [7, 11) is -2.38. The first-order valence-corrected chi connectivity index (χ1v) is 12.8. The van der Waals surface area contributed by atoms with Crippen molar-refractivity contribution in [3.63, 3.8) is 0 Å². The Morgan fingerprint density at radius 2 is 1.92 bits per heavy atom. The summed E-state index contributed by atoms with van der Waals surface area (Å²) in [4.78, 5) is 26.9. The third-order valence-electron chi connectivity index (χ3n) is 6.56. The number of fused-ring (bicyclic) bond motifs is 1. The Hall–Kier alpha value is -3.58. The van der Waals surface area contributed by atoms with Gasteiger partial charge in [-0.2, -0.15) is 5.10 Å². The molecule has 190 valence electrons. The molecule has 0 atom stereocenters. The lowest BCUT2D eigenvalue weighted by molar-refractivity contribution is 0.392. The van der Waals surface area contributed by atoms with Crippen molar-refractivity contribution in [2.45, 2.75) is 50.2 Å². The molecule has 3 heterocycles. The smallest absolute Gasteiger partial charge is 0.332 e. The number of sulfonamides is 1. The molecule has 1 aliphatic carbocycles. The van der Waals surface area contributed by atoms with Crippen LogP contribution in [-0.2, 0) is 30.2 Å². The number of alkyl halides is 1. The lowest BCUT2D eigenvalue weighted by Crippen LogP contribution is -2.41. The van der Waals surface area contributed by atoms with Gasteiger partial charge in [0.1, 0.15) is 12.4 Å². The molecule has 1 aromatic carbocycles. The molecule has 0 unspecified atom stereocenters. The summed E-state index contributed by atoms with van der Waals surface area (Å²) >= 11 is 0. The Morgan fingerprint density at radius 1 is 1.17 bits per heavy atom. The molecular weight excluding hydrogens is 491 g/mol. The summed E-state index contributed by atoms with van der Waals surface area (Å²) in [6.07, 6.45) is 4.05. The molecule has 0 saturated heterocycles. The Labute approximate surface area is 205 Å². The summed E-state index contributed by atoms with van der Waals surface area (Å²) in [5.74, 6) is 0.530. The van der Waals surface area contributed by atoms with E-state index >= 15 is 0 Å². The van der Waals surface area contributed by atoms with E-state index in [-0.39, 0.29) is 28.9 Å². The molecule has 0 spiro atoms. The molecule has 4 aromatic rings. The molecule has 5 rings (SSSR count). The van der Waals surface area contributed by atoms with Crippen molar-refractivity contribution in [3.05, 3.63) is 74.0 Å². The van der Waals surface area contributed by atoms with Gasteiger partial charge in [-0.05, 0) is 44.9 Å². The van der Waals surface area contributed by atoms with Crippen LogP contribution in [0.3, 0.4) is 0 Å². The number of aryl methyl sites for hydroxylation is 3. The van der Waals surface area contributed by atoms with Crippen molar-refractivity contribution < 1.29 is 17.3 Å². The number of aromatic nitrogens is 5. The van der Waals surface area contributed by atoms with Crippen molar-refractivity contribution >= 4 is 20.9 Å². The molecule has 1 N–H and O–H groups in total. The third kappa shape index (κ3) is 4.17. The zero-order valence-corrected chi connectivity index (χ0v) is 20.8. The third-order valence-corrected chi connectivity index (χ3v) is 8.14. The van der Waals surface area contributed by atoms with E-state index in [0.29, 0.717) is 35.4 Å². The second-order valence-electron chi connectivity index (χ2n) is 9.28. The fraction of sp³-hybridized carbons (Fsp3) is 0.391. The number of hydrogen-bond donors (Lipinski definition) is 1. The molecule has 0 radical (unpaired) electrons. The number of rotatable bonds is 8. The number of nitrogens with zero attached hydrogens (tertiary/aromatic N) is 5. The zero-order chi connectivity index (χ0) is 25.8. The van der Waals surface area contributed by atoms with E-state index in [9.17, 15) is 22.4 Å². The highest BCUT2D eigenvalue weighted by Gasteiger charge is 2.46. The largest absolute Gasteiger partial charge is 0.361 e. The number of hydrogen-bond acceptors (Lipinski definition) is 7. The summed E-state index contributed by atoms with van der Waals surface area (Å²) in [6, 6.07) is 3.97. The van der Waals surface area contributed by atoms with E-state index in [1.165, 1.54) is 22.8 Å². The van der Waals surface area contributed by atoms with E-state index < -0.39 is 33.5 Å². The second kappa shape index (κ2) is 8.52. The molecule has 0 aliphatic heterocycles. The summed E-state index contributed by atoms with van der Waals surface area (Å²) < 4.78 is 51.0. The molecule has 11 nitrogen and oxygen atoms in total. The molecular formula is C23H25FN6O5S. The van der Waals surface area contributed by atoms with E-state index in [4.69, 9.17) is 4.52 Å². The van der Waals surface area contributed by atoms with Crippen molar-refractivity contribution in [3.8, 4) is 0 Å². The molecule has 13 heteroatoms. The van der Waals surface area contributed by atoms with E-state index in [0.717, 1.165) is 4.57 Å². The van der Waals surface area contributed by atoms with Gasteiger partial charge >= 0.3 is 5.69 Å². The van der Waals surface area contributed by atoms with Gasteiger partial charge in [-0.3, -0.25) is 18.6 Å². The first-order chi connectivity index (χ1) is 17.0. The number of nitrogens with one attached hydrogen (secondary N) is 1. The topological polar surface area (TPSA) is 134 Å². The molecule has 3 aromatic heterocycles. The summed E-state index contributed by atoms with van der Waals surface area (Å²) in [5.41, 5.74) is -0.126. The summed E-state index contributed by atoms with van der Waals surface area (Å²) in [6.45, 7) is 2.68. The molecule has 36 heavy (non-hydrogen) atoms. The van der Waals surface area contributed by atoms with Gasteiger partial charge in [0.25, 0.3) is 5.56 Å². The number of benzene rings is 1. The van der Waals surface area contributed by atoms with Gasteiger partial charge in [-0.15, -0.1) is 0 Å². The van der Waals surface area contributed by atoms with Gasteiger partial charge in [-0.1, -0.05) is 5.16 Å². The zero-order valence-electron chi connectivity index (χ0n) is 20.0.